The lowest BCUT2D eigenvalue weighted by atomic mass is 9.96. The number of hydrogen-bond acceptors (Lipinski definition) is 8. The molecule has 2 amide bonds. The molecule has 2 aromatic heterocycles. The van der Waals surface area contributed by atoms with Gasteiger partial charge in [-0.25, -0.2) is 24.5 Å². The highest BCUT2D eigenvalue weighted by Crippen LogP contribution is 2.48. The summed E-state index contributed by atoms with van der Waals surface area (Å²) in [5, 5.41) is 15.7. The maximum absolute atomic E-state index is 12.6. The number of aliphatic carboxylic acids is 1. The summed E-state index contributed by atoms with van der Waals surface area (Å²) < 4.78 is 20.4. The first kappa shape index (κ1) is 23.5. The van der Waals surface area contributed by atoms with Crippen molar-refractivity contribution in [1.82, 2.24) is 24.8 Å². The molecule has 2 aliphatic heterocycles. The van der Waals surface area contributed by atoms with E-state index in [2.05, 4.69) is 25.6 Å². The van der Waals surface area contributed by atoms with Crippen LogP contribution in [-0.2, 0) is 31.8 Å². The number of carboxylic acid groups (broad SMARTS) is 1. The minimum atomic E-state index is -1.22. The molecule has 198 valence electrons. The second-order valence-corrected chi connectivity index (χ2v) is 10.5. The number of anilines is 1. The van der Waals surface area contributed by atoms with E-state index >= 15 is 0 Å². The van der Waals surface area contributed by atoms with E-state index in [0.717, 1.165) is 36.8 Å². The van der Waals surface area contributed by atoms with Gasteiger partial charge in [-0.3, -0.25) is 9.88 Å². The highest BCUT2D eigenvalue weighted by atomic mass is 16.8. The lowest BCUT2D eigenvalue weighted by molar-refractivity contribution is -0.214. The van der Waals surface area contributed by atoms with Gasteiger partial charge in [-0.05, 0) is 24.0 Å². The van der Waals surface area contributed by atoms with Crippen molar-refractivity contribution in [1.29, 1.82) is 0 Å². The Labute approximate surface area is 217 Å². The summed E-state index contributed by atoms with van der Waals surface area (Å²) in [6.07, 6.45) is 5.68. The van der Waals surface area contributed by atoms with E-state index in [0.29, 0.717) is 24.0 Å². The second-order valence-electron chi connectivity index (χ2n) is 10.5. The van der Waals surface area contributed by atoms with E-state index in [1.165, 1.54) is 19.1 Å². The molecule has 1 aromatic carbocycles. The molecule has 1 spiro atoms. The van der Waals surface area contributed by atoms with Crippen molar-refractivity contribution in [3.05, 3.63) is 48.0 Å². The smallest absolute Gasteiger partial charge is 0.335 e. The zero-order chi connectivity index (χ0) is 25.9. The predicted octanol–water partition coefficient (Wildman–Crippen LogP) is 2.54. The number of urea groups is 1. The average molecular weight is 521 g/mol. The normalized spacial score (nSPS) is 27.9. The first-order chi connectivity index (χ1) is 18.5. The highest BCUT2D eigenvalue weighted by molar-refractivity contribution is 5.96. The first-order valence-electron chi connectivity index (χ1n) is 13.1. The molecule has 3 N–H and O–H groups in total. The minimum Gasteiger partial charge on any atom is -0.479 e. The van der Waals surface area contributed by atoms with Gasteiger partial charge < -0.3 is 24.6 Å². The van der Waals surface area contributed by atoms with Crippen molar-refractivity contribution in [3.8, 4) is 0 Å². The Kier molecular flexibility index (Phi) is 5.57. The summed E-state index contributed by atoms with van der Waals surface area (Å²) >= 11 is 0. The molecule has 0 unspecified atom stereocenters. The molecule has 12 nitrogen and oxygen atoms in total. The van der Waals surface area contributed by atoms with E-state index in [4.69, 9.17) is 14.2 Å². The Bertz CT molecular complexity index is 1380. The Hall–Kier alpha value is -3.61. The van der Waals surface area contributed by atoms with Gasteiger partial charge in [-0.2, -0.15) is 0 Å². The van der Waals surface area contributed by atoms with E-state index < -0.39 is 36.3 Å². The Balaban J connectivity index is 1.15. The van der Waals surface area contributed by atoms with Crippen LogP contribution >= 0.6 is 0 Å². The summed E-state index contributed by atoms with van der Waals surface area (Å²) in [6.45, 7) is 0. The maximum atomic E-state index is 12.6. The molecule has 2 aliphatic carbocycles. The molecule has 3 aromatic rings. The van der Waals surface area contributed by atoms with Gasteiger partial charge in [0.1, 0.15) is 18.5 Å². The van der Waals surface area contributed by atoms with Gasteiger partial charge in [0.2, 0.25) is 0 Å². The number of nitrogens with zero attached hydrogens (tertiary/aromatic N) is 4. The molecule has 38 heavy (non-hydrogen) atoms. The molecule has 2 saturated heterocycles. The number of imidazole rings is 1. The van der Waals surface area contributed by atoms with Crippen LogP contribution < -0.4 is 10.6 Å². The van der Waals surface area contributed by atoms with Crippen LogP contribution in [0.5, 0.6) is 0 Å². The molecular formula is C26H28N6O6. The predicted molar refractivity (Wildman–Crippen MR) is 132 cm³/mol. The number of hydrogen-bond donors (Lipinski definition) is 3. The fourth-order valence-electron chi connectivity index (χ4n) is 6.26. The quantitative estimate of drug-likeness (QED) is 0.472. The number of carboxylic acids is 1. The van der Waals surface area contributed by atoms with Crippen LogP contribution in [0.2, 0.25) is 0 Å². The molecule has 3 fully saturated rings. The number of nitrogens with one attached hydrogen (secondary N) is 2. The maximum Gasteiger partial charge on any atom is 0.335 e. The number of amides is 2. The van der Waals surface area contributed by atoms with Crippen molar-refractivity contribution >= 4 is 29.0 Å². The van der Waals surface area contributed by atoms with Crippen molar-refractivity contribution in [2.75, 3.05) is 5.32 Å². The average Bonchev–Trinajstić information content (AvgIpc) is 3.65. The van der Waals surface area contributed by atoms with Crippen LogP contribution in [0.25, 0.3) is 11.2 Å². The van der Waals surface area contributed by atoms with E-state index in [9.17, 15) is 14.7 Å². The van der Waals surface area contributed by atoms with Crippen LogP contribution in [0.15, 0.2) is 36.9 Å². The topological polar surface area (TPSA) is 150 Å². The molecule has 12 heteroatoms. The number of carbonyl (C=O) groups is 2. The number of aromatic nitrogens is 4. The Morgan fingerprint density at radius 3 is 2.47 bits per heavy atom. The molecule has 4 heterocycles. The number of ether oxygens (including phenoxy) is 3. The number of benzene rings is 1. The lowest BCUT2D eigenvalue weighted by Gasteiger charge is -2.26. The van der Waals surface area contributed by atoms with Crippen molar-refractivity contribution in [2.45, 2.75) is 81.3 Å². The third kappa shape index (κ3) is 3.91. The molecule has 7 rings (SSSR count). The molecule has 4 atom stereocenters. The summed E-state index contributed by atoms with van der Waals surface area (Å²) in [5.41, 5.74) is 3.01. The van der Waals surface area contributed by atoms with Gasteiger partial charge in [0.05, 0.1) is 6.33 Å². The van der Waals surface area contributed by atoms with E-state index in [-0.39, 0.29) is 17.9 Å². The monoisotopic (exact) mass is 520 g/mol. The fourth-order valence-corrected chi connectivity index (χ4v) is 6.26. The number of rotatable bonds is 4. The van der Waals surface area contributed by atoms with E-state index in [1.807, 2.05) is 24.3 Å². The van der Waals surface area contributed by atoms with Gasteiger partial charge in [0.15, 0.2) is 35.1 Å². The SMILES string of the molecule is O=C(Nc1ncnc2c1ncn2[C@@H]1O[C@H](C(=O)O)[C@H]2OC3(Cc4ccccc4C3)O[C@H]21)NC1CCCCC1. The molecule has 0 bridgehead atoms. The highest BCUT2D eigenvalue weighted by Gasteiger charge is 2.62. The van der Waals surface area contributed by atoms with Crippen LogP contribution in [0.4, 0.5) is 10.6 Å². The third-order valence-corrected chi connectivity index (χ3v) is 7.98. The van der Waals surface area contributed by atoms with Crippen molar-refractivity contribution in [3.63, 3.8) is 0 Å². The van der Waals surface area contributed by atoms with Gasteiger partial charge in [-0.15, -0.1) is 0 Å². The van der Waals surface area contributed by atoms with Crippen molar-refractivity contribution < 1.29 is 28.9 Å². The first-order valence-corrected chi connectivity index (χ1v) is 13.1. The lowest BCUT2D eigenvalue weighted by Crippen LogP contribution is -2.39. The van der Waals surface area contributed by atoms with Crippen LogP contribution in [0.1, 0.15) is 49.5 Å². The summed E-state index contributed by atoms with van der Waals surface area (Å²) in [4.78, 5) is 37.8. The number of fused-ring (bicyclic) bond motifs is 3. The second kappa shape index (κ2) is 9.00. The van der Waals surface area contributed by atoms with Gasteiger partial charge in [0, 0.05) is 18.9 Å². The van der Waals surface area contributed by atoms with Gasteiger partial charge in [-0.1, -0.05) is 43.5 Å². The van der Waals surface area contributed by atoms with Gasteiger partial charge in [0.25, 0.3) is 0 Å². The zero-order valence-electron chi connectivity index (χ0n) is 20.6. The van der Waals surface area contributed by atoms with Crippen LogP contribution in [0.3, 0.4) is 0 Å². The Morgan fingerprint density at radius 1 is 1.00 bits per heavy atom. The summed E-state index contributed by atoms with van der Waals surface area (Å²) in [7, 11) is 0. The summed E-state index contributed by atoms with van der Waals surface area (Å²) in [5.74, 6) is -1.80. The minimum absolute atomic E-state index is 0.143. The van der Waals surface area contributed by atoms with E-state index in [1.54, 1.807) is 4.57 Å². The zero-order valence-corrected chi connectivity index (χ0v) is 20.6. The molecule has 4 aliphatic rings. The third-order valence-electron chi connectivity index (χ3n) is 7.98. The Morgan fingerprint density at radius 2 is 1.74 bits per heavy atom. The van der Waals surface area contributed by atoms with Crippen LogP contribution in [0, 0.1) is 0 Å². The number of carbonyl (C=O) groups excluding carboxylic acids is 1. The van der Waals surface area contributed by atoms with Crippen LogP contribution in [-0.4, -0.2) is 66.8 Å². The standard InChI is InChI=1S/C26H28N6O6/c33-24(34)20-18-19(38-26(37-18)10-14-6-4-5-7-15(14)11-26)23(36-20)32-13-29-17-21(27-12-28-22(17)32)31-25(35)30-16-8-2-1-3-9-16/h4-7,12-13,16,18-20,23H,1-3,8-11H2,(H,33,34)(H2,27,28,30,31,35)/t18-,19+,20-,23+/m0/s1. The molecule has 1 saturated carbocycles. The fraction of sp³-hybridized carbons (Fsp3) is 0.500. The largest absolute Gasteiger partial charge is 0.479 e. The van der Waals surface area contributed by atoms with Gasteiger partial charge >= 0.3 is 12.0 Å². The molecular weight excluding hydrogens is 492 g/mol. The molecule has 0 radical (unpaired) electrons. The summed E-state index contributed by atoms with van der Waals surface area (Å²) in [6, 6.07) is 7.81. The van der Waals surface area contributed by atoms with Crippen molar-refractivity contribution in [2.24, 2.45) is 0 Å².